The second-order valence-electron chi connectivity index (χ2n) is 5.59. The van der Waals surface area contributed by atoms with E-state index in [1.807, 2.05) is 17.5 Å². The summed E-state index contributed by atoms with van der Waals surface area (Å²) in [6.07, 6.45) is 7.58. The summed E-state index contributed by atoms with van der Waals surface area (Å²) < 4.78 is 0. The quantitative estimate of drug-likeness (QED) is 0.788. The molecule has 0 spiro atoms. The molecule has 1 aromatic rings. The van der Waals surface area contributed by atoms with E-state index in [-0.39, 0.29) is 0 Å². The van der Waals surface area contributed by atoms with Crippen molar-refractivity contribution in [2.45, 2.75) is 53.0 Å². The summed E-state index contributed by atoms with van der Waals surface area (Å²) in [4.78, 5) is 8.20. The van der Waals surface area contributed by atoms with Crippen molar-refractivity contribution in [1.82, 2.24) is 10.3 Å². The van der Waals surface area contributed by atoms with Crippen molar-refractivity contribution in [3.05, 3.63) is 11.1 Å². The van der Waals surface area contributed by atoms with Crippen molar-refractivity contribution >= 4 is 16.5 Å². The van der Waals surface area contributed by atoms with E-state index in [1.54, 1.807) is 0 Å². The molecule has 4 heteroatoms. The summed E-state index contributed by atoms with van der Waals surface area (Å²) in [6, 6.07) is 0. The maximum Gasteiger partial charge on any atom is 0.185 e. The smallest absolute Gasteiger partial charge is 0.185 e. The minimum atomic E-state index is 0.604. The number of rotatable bonds is 8. The van der Waals surface area contributed by atoms with E-state index in [4.69, 9.17) is 0 Å². The van der Waals surface area contributed by atoms with E-state index < -0.39 is 0 Å². The van der Waals surface area contributed by atoms with Crippen LogP contribution in [-0.2, 0) is 6.54 Å². The van der Waals surface area contributed by atoms with Gasteiger partial charge in [-0.3, -0.25) is 0 Å². The van der Waals surface area contributed by atoms with Crippen molar-refractivity contribution in [3.63, 3.8) is 0 Å². The number of nitrogens with zero attached hydrogens (tertiary/aromatic N) is 2. The average Bonchev–Trinajstić information content (AvgIpc) is 2.83. The summed E-state index contributed by atoms with van der Waals surface area (Å²) in [5.41, 5.74) is 0.604. The topological polar surface area (TPSA) is 28.2 Å². The minimum Gasteiger partial charge on any atom is -0.349 e. The first kappa shape index (κ1) is 14.8. The van der Waals surface area contributed by atoms with E-state index in [0.29, 0.717) is 5.41 Å². The highest BCUT2D eigenvalue weighted by Crippen LogP contribution is 2.43. The third-order valence-corrected chi connectivity index (χ3v) is 5.60. The molecule has 1 aliphatic rings. The Morgan fingerprint density at radius 2 is 2.05 bits per heavy atom. The molecule has 0 bridgehead atoms. The predicted octanol–water partition coefficient (Wildman–Crippen LogP) is 3.66. The largest absolute Gasteiger partial charge is 0.349 e. The van der Waals surface area contributed by atoms with Crippen LogP contribution >= 0.6 is 11.3 Å². The molecule has 2 rings (SSSR count). The monoisotopic (exact) mass is 281 g/mol. The molecule has 1 aromatic heterocycles. The third-order valence-electron chi connectivity index (χ3n) is 4.54. The fourth-order valence-corrected chi connectivity index (χ4v) is 3.81. The van der Waals surface area contributed by atoms with Gasteiger partial charge in [0, 0.05) is 37.3 Å². The maximum atomic E-state index is 4.53. The molecule has 1 saturated carbocycles. The number of nitrogens with one attached hydrogen (secondary N) is 1. The van der Waals surface area contributed by atoms with Crippen LogP contribution in [0, 0.1) is 5.41 Å². The van der Waals surface area contributed by atoms with Crippen LogP contribution in [0.25, 0.3) is 0 Å². The van der Waals surface area contributed by atoms with Crippen molar-refractivity contribution < 1.29 is 0 Å². The molecule has 0 aliphatic heterocycles. The molecule has 1 aliphatic carbocycles. The Bertz CT molecular complexity index is 375. The van der Waals surface area contributed by atoms with Gasteiger partial charge in [-0.15, -0.1) is 11.3 Å². The summed E-state index contributed by atoms with van der Waals surface area (Å²) in [6.45, 7) is 10.9. The van der Waals surface area contributed by atoms with Crippen LogP contribution in [0.2, 0.25) is 0 Å². The standard InChI is InChI=1S/C15H27N3S/c1-4-15(8-7-9-15)12-16-10-13-11-17-14(19-13)18(5-2)6-3/h11,16H,4-10,12H2,1-3H3. The van der Waals surface area contributed by atoms with E-state index in [9.17, 15) is 0 Å². The summed E-state index contributed by atoms with van der Waals surface area (Å²) in [5, 5.41) is 4.80. The maximum absolute atomic E-state index is 4.53. The first-order valence-electron chi connectivity index (χ1n) is 7.63. The molecule has 1 fully saturated rings. The summed E-state index contributed by atoms with van der Waals surface area (Å²) in [5.74, 6) is 0. The van der Waals surface area contributed by atoms with Crippen LogP contribution < -0.4 is 10.2 Å². The van der Waals surface area contributed by atoms with Crippen molar-refractivity contribution in [2.75, 3.05) is 24.5 Å². The van der Waals surface area contributed by atoms with Gasteiger partial charge in [-0.2, -0.15) is 0 Å². The number of hydrogen-bond acceptors (Lipinski definition) is 4. The predicted molar refractivity (Wildman–Crippen MR) is 84.0 cm³/mol. The molecular formula is C15H27N3S. The third kappa shape index (κ3) is 3.48. The summed E-state index contributed by atoms with van der Waals surface area (Å²) >= 11 is 1.83. The molecule has 1 N–H and O–H groups in total. The SMILES string of the molecule is CCN(CC)c1ncc(CNCC2(CC)CCC2)s1. The molecule has 0 radical (unpaired) electrons. The second-order valence-corrected chi connectivity index (χ2v) is 6.69. The molecule has 0 amide bonds. The Balaban J connectivity index is 1.80. The lowest BCUT2D eigenvalue weighted by molar-refractivity contribution is 0.124. The van der Waals surface area contributed by atoms with Crippen LogP contribution in [0.1, 0.15) is 51.3 Å². The number of thiazole rings is 1. The summed E-state index contributed by atoms with van der Waals surface area (Å²) in [7, 11) is 0. The fourth-order valence-electron chi connectivity index (χ4n) is 2.80. The lowest BCUT2D eigenvalue weighted by Crippen LogP contribution is -2.39. The first-order valence-corrected chi connectivity index (χ1v) is 8.45. The van der Waals surface area contributed by atoms with E-state index in [0.717, 1.165) is 24.8 Å². The average molecular weight is 281 g/mol. The molecule has 0 aromatic carbocycles. The molecule has 19 heavy (non-hydrogen) atoms. The van der Waals surface area contributed by atoms with Crippen LogP contribution in [-0.4, -0.2) is 24.6 Å². The van der Waals surface area contributed by atoms with Crippen LogP contribution in [0.3, 0.4) is 0 Å². The molecule has 0 atom stereocenters. The molecule has 0 unspecified atom stereocenters. The van der Waals surface area contributed by atoms with Crippen molar-refractivity contribution in [2.24, 2.45) is 5.41 Å². The van der Waals surface area contributed by atoms with Crippen LogP contribution in [0.5, 0.6) is 0 Å². The first-order chi connectivity index (χ1) is 9.23. The normalized spacial score (nSPS) is 17.2. The number of anilines is 1. The molecule has 1 heterocycles. The zero-order valence-electron chi connectivity index (χ0n) is 12.5. The molecule has 108 valence electrons. The molecule has 3 nitrogen and oxygen atoms in total. The minimum absolute atomic E-state index is 0.604. The van der Waals surface area contributed by atoms with Crippen LogP contribution in [0.4, 0.5) is 5.13 Å². The van der Waals surface area contributed by atoms with Gasteiger partial charge in [0.25, 0.3) is 0 Å². The lowest BCUT2D eigenvalue weighted by Gasteiger charge is -2.41. The number of hydrogen-bond donors (Lipinski definition) is 1. The van der Waals surface area contributed by atoms with Gasteiger partial charge in [-0.1, -0.05) is 13.3 Å². The Labute approximate surface area is 121 Å². The van der Waals surface area contributed by atoms with E-state index in [2.05, 4.69) is 36.0 Å². The van der Waals surface area contributed by atoms with Gasteiger partial charge in [0.05, 0.1) is 0 Å². The van der Waals surface area contributed by atoms with Gasteiger partial charge in [0.1, 0.15) is 0 Å². The van der Waals surface area contributed by atoms with Crippen LogP contribution in [0.15, 0.2) is 6.20 Å². The highest BCUT2D eigenvalue weighted by molar-refractivity contribution is 7.15. The van der Waals surface area contributed by atoms with Crippen molar-refractivity contribution in [1.29, 1.82) is 0 Å². The Morgan fingerprint density at radius 1 is 1.32 bits per heavy atom. The van der Waals surface area contributed by atoms with Gasteiger partial charge in [-0.25, -0.2) is 4.98 Å². The van der Waals surface area contributed by atoms with E-state index in [1.165, 1.54) is 37.1 Å². The van der Waals surface area contributed by atoms with E-state index >= 15 is 0 Å². The molecular weight excluding hydrogens is 254 g/mol. The van der Waals surface area contributed by atoms with Gasteiger partial charge in [0.2, 0.25) is 0 Å². The van der Waals surface area contributed by atoms with Gasteiger partial charge < -0.3 is 10.2 Å². The van der Waals surface area contributed by atoms with Gasteiger partial charge in [-0.05, 0) is 38.5 Å². The van der Waals surface area contributed by atoms with Gasteiger partial charge in [0.15, 0.2) is 5.13 Å². The Morgan fingerprint density at radius 3 is 2.58 bits per heavy atom. The Hall–Kier alpha value is -0.610. The second kappa shape index (κ2) is 6.71. The highest BCUT2D eigenvalue weighted by atomic mass is 32.1. The number of aromatic nitrogens is 1. The Kier molecular flexibility index (Phi) is 5.22. The van der Waals surface area contributed by atoms with Crippen molar-refractivity contribution in [3.8, 4) is 0 Å². The van der Waals surface area contributed by atoms with Gasteiger partial charge >= 0.3 is 0 Å². The molecule has 0 saturated heterocycles. The lowest BCUT2D eigenvalue weighted by atomic mass is 9.67. The fraction of sp³-hybridized carbons (Fsp3) is 0.800. The highest BCUT2D eigenvalue weighted by Gasteiger charge is 2.34. The zero-order valence-corrected chi connectivity index (χ0v) is 13.4. The zero-order chi connectivity index (χ0) is 13.7.